The zero-order valence-corrected chi connectivity index (χ0v) is 12.0. The monoisotopic (exact) mass is 324 g/mol. The van der Waals surface area contributed by atoms with Crippen molar-refractivity contribution in [2.75, 3.05) is 0 Å². The number of nitrogens with zero attached hydrogens (tertiary/aromatic N) is 2. The highest BCUT2D eigenvalue weighted by Crippen LogP contribution is 2.29. The predicted molar refractivity (Wildman–Crippen MR) is 80.7 cm³/mol. The molecule has 0 spiro atoms. The number of halogens is 1. The van der Waals surface area contributed by atoms with Crippen molar-refractivity contribution in [3.63, 3.8) is 0 Å². The second kappa shape index (κ2) is 5.32. The second-order valence-electron chi connectivity index (χ2n) is 4.22. The first-order valence-corrected chi connectivity index (χ1v) is 6.78. The Hall–Kier alpha value is -2.38. The fourth-order valence-electron chi connectivity index (χ4n) is 1.91. The molecule has 1 heterocycles. The summed E-state index contributed by atoms with van der Waals surface area (Å²) in [4.78, 5) is 4.34. The molecule has 0 aliphatic rings. The van der Waals surface area contributed by atoms with E-state index in [9.17, 15) is 0 Å². The number of hydrogen-bond acceptors (Lipinski definition) is 3. The van der Waals surface area contributed by atoms with E-state index in [1.165, 1.54) is 0 Å². The Morgan fingerprint density at radius 2 is 1.95 bits per heavy atom. The summed E-state index contributed by atoms with van der Waals surface area (Å²) in [5.74, 6) is 1.12. The van der Waals surface area contributed by atoms with Crippen LogP contribution in [-0.4, -0.2) is 4.98 Å². The van der Waals surface area contributed by atoms with E-state index >= 15 is 0 Å². The molecule has 0 saturated heterocycles. The molecule has 0 aliphatic carbocycles. The molecule has 0 saturated carbocycles. The summed E-state index contributed by atoms with van der Waals surface area (Å²) in [6.07, 6.45) is 1.66. The molecule has 0 fully saturated rings. The third kappa shape index (κ3) is 2.49. The normalized spacial score (nSPS) is 10.2. The molecule has 20 heavy (non-hydrogen) atoms. The zero-order valence-electron chi connectivity index (χ0n) is 10.4. The number of ether oxygens (including phenoxy) is 1. The van der Waals surface area contributed by atoms with Crippen LogP contribution in [-0.2, 0) is 0 Å². The minimum atomic E-state index is 0.487. The summed E-state index contributed by atoms with van der Waals surface area (Å²) in [6, 6.07) is 17.1. The van der Waals surface area contributed by atoms with Gasteiger partial charge >= 0.3 is 0 Å². The van der Waals surface area contributed by atoms with Crippen LogP contribution in [0.25, 0.3) is 10.9 Å². The van der Waals surface area contributed by atoms with Crippen molar-refractivity contribution in [2.24, 2.45) is 0 Å². The van der Waals surface area contributed by atoms with Gasteiger partial charge in [0.1, 0.15) is 17.6 Å². The number of benzene rings is 2. The third-order valence-electron chi connectivity index (χ3n) is 2.86. The molecular weight excluding hydrogens is 316 g/mol. The molecule has 0 unspecified atom stereocenters. The van der Waals surface area contributed by atoms with Crippen molar-refractivity contribution in [1.29, 1.82) is 5.26 Å². The summed E-state index contributed by atoms with van der Waals surface area (Å²) >= 11 is 3.37. The Morgan fingerprint density at radius 3 is 2.80 bits per heavy atom. The molecule has 3 rings (SSSR count). The summed E-state index contributed by atoms with van der Waals surface area (Å²) in [5.41, 5.74) is 1.40. The first-order valence-electron chi connectivity index (χ1n) is 5.98. The summed E-state index contributed by atoms with van der Waals surface area (Å²) < 4.78 is 6.64. The molecule has 1 aromatic heterocycles. The lowest BCUT2D eigenvalue weighted by atomic mass is 10.2. The molecule has 3 nitrogen and oxygen atoms in total. The maximum absolute atomic E-state index is 9.10. The molecule has 0 amide bonds. The van der Waals surface area contributed by atoms with E-state index < -0.39 is 0 Å². The maximum atomic E-state index is 9.10. The van der Waals surface area contributed by atoms with Crippen LogP contribution in [0.4, 0.5) is 0 Å². The molecule has 3 aromatic rings. The predicted octanol–water partition coefficient (Wildman–Crippen LogP) is 4.66. The van der Waals surface area contributed by atoms with Gasteiger partial charge < -0.3 is 4.74 Å². The van der Waals surface area contributed by atoms with Gasteiger partial charge in [-0.3, -0.25) is 4.98 Å². The number of fused-ring (bicyclic) bond motifs is 1. The number of rotatable bonds is 2. The standard InChI is InChI=1S/C16H9BrN2O/c17-13-6-5-12(9-18)16(8-13)20-14-7-11-3-1-2-4-15(11)19-10-14/h1-8,10H. The zero-order chi connectivity index (χ0) is 13.9. The van der Waals surface area contributed by atoms with Gasteiger partial charge in [0, 0.05) is 9.86 Å². The number of pyridine rings is 1. The van der Waals surface area contributed by atoms with Crippen LogP contribution >= 0.6 is 15.9 Å². The minimum Gasteiger partial charge on any atom is -0.454 e. The molecule has 96 valence electrons. The van der Waals surface area contributed by atoms with Crippen molar-refractivity contribution in [2.45, 2.75) is 0 Å². The number of hydrogen-bond donors (Lipinski definition) is 0. The fourth-order valence-corrected chi connectivity index (χ4v) is 2.25. The molecule has 4 heteroatoms. The van der Waals surface area contributed by atoms with Gasteiger partial charge in [0.15, 0.2) is 0 Å². The van der Waals surface area contributed by atoms with Crippen molar-refractivity contribution >= 4 is 26.8 Å². The van der Waals surface area contributed by atoms with Crippen LogP contribution in [0.1, 0.15) is 5.56 Å². The summed E-state index contributed by atoms with van der Waals surface area (Å²) in [5, 5.41) is 10.1. The van der Waals surface area contributed by atoms with Gasteiger partial charge in [-0.1, -0.05) is 34.1 Å². The highest BCUT2D eigenvalue weighted by molar-refractivity contribution is 9.10. The topological polar surface area (TPSA) is 45.9 Å². The third-order valence-corrected chi connectivity index (χ3v) is 3.35. The quantitative estimate of drug-likeness (QED) is 0.688. The van der Waals surface area contributed by atoms with Crippen molar-refractivity contribution in [1.82, 2.24) is 4.98 Å². The Bertz CT molecular complexity index is 824. The van der Waals surface area contributed by atoms with E-state index in [4.69, 9.17) is 10.00 Å². The van der Waals surface area contributed by atoms with Gasteiger partial charge in [0.25, 0.3) is 0 Å². The van der Waals surface area contributed by atoms with Crippen LogP contribution in [0.15, 0.2) is 59.2 Å². The van der Waals surface area contributed by atoms with Crippen LogP contribution in [0.5, 0.6) is 11.5 Å². The molecule has 0 radical (unpaired) electrons. The molecule has 0 N–H and O–H groups in total. The van der Waals surface area contributed by atoms with E-state index in [-0.39, 0.29) is 0 Å². The van der Waals surface area contributed by atoms with E-state index in [0.29, 0.717) is 17.1 Å². The fraction of sp³-hybridized carbons (Fsp3) is 0. The SMILES string of the molecule is N#Cc1ccc(Br)cc1Oc1cnc2ccccc2c1. The lowest BCUT2D eigenvalue weighted by Crippen LogP contribution is -1.89. The molecular formula is C16H9BrN2O. The Labute approximate surface area is 124 Å². The van der Waals surface area contributed by atoms with Gasteiger partial charge in [0.2, 0.25) is 0 Å². The Morgan fingerprint density at radius 1 is 1.10 bits per heavy atom. The van der Waals surface area contributed by atoms with Crippen molar-refractivity contribution in [3.8, 4) is 17.6 Å². The number of aromatic nitrogens is 1. The average Bonchev–Trinajstić information content (AvgIpc) is 2.47. The number of para-hydroxylation sites is 1. The lowest BCUT2D eigenvalue weighted by Gasteiger charge is -2.08. The largest absolute Gasteiger partial charge is 0.454 e. The minimum absolute atomic E-state index is 0.487. The molecule has 0 bridgehead atoms. The number of nitriles is 1. The molecule has 0 atom stereocenters. The molecule has 0 aliphatic heterocycles. The Kier molecular flexibility index (Phi) is 3.36. The smallest absolute Gasteiger partial charge is 0.146 e. The molecule has 2 aromatic carbocycles. The highest BCUT2D eigenvalue weighted by atomic mass is 79.9. The van der Waals surface area contributed by atoms with Crippen LogP contribution in [0, 0.1) is 11.3 Å². The first kappa shape index (κ1) is 12.6. The van der Waals surface area contributed by atoms with Gasteiger partial charge in [-0.05, 0) is 30.3 Å². The van der Waals surface area contributed by atoms with E-state index in [0.717, 1.165) is 15.4 Å². The lowest BCUT2D eigenvalue weighted by molar-refractivity contribution is 0.479. The second-order valence-corrected chi connectivity index (χ2v) is 5.13. The van der Waals surface area contributed by atoms with Crippen LogP contribution < -0.4 is 4.74 Å². The van der Waals surface area contributed by atoms with Gasteiger partial charge in [-0.2, -0.15) is 5.26 Å². The average molecular weight is 325 g/mol. The summed E-state index contributed by atoms with van der Waals surface area (Å²) in [7, 11) is 0. The van der Waals surface area contributed by atoms with Crippen LogP contribution in [0.2, 0.25) is 0 Å². The maximum Gasteiger partial charge on any atom is 0.146 e. The Balaban J connectivity index is 2.01. The first-order chi connectivity index (χ1) is 9.76. The summed E-state index contributed by atoms with van der Waals surface area (Å²) in [6.45, 7) is 0. The van der Waals surface area contributed by atoms with E-state index in [1.807, 2.05) is 36.4 Å². The van der Waals surface area contributed by atoms with Crippen molar-refractivity contribution < 1.29 is 4.74 Å². The van der Waals surface area contributed by atoms with Crippen molar-refractivity contribution in [3.05, 3.63) is 64.8 Å². The highest BCUT2D eigenvalue weighted by Gasteiger charge is 2.06. The van der Waals surface area contributed by atoms with Crippen LogP contribution in [0.3, 0.4) is 0 Å². The van der Waals surface area contributed by atoms with Gasteiger partial charge in [0.05, 0.1) is 17.3 Å². The van der Waals surface area contributed by atoms with Gasteiger partial charge in [-0.25, -0.2) is 0 Å². The van der Waals surface area contributed by atoms with E-state index in [1.54, 1.807) is 18.3 Å². The van der Waals surface area contributed by atoms with E-state index in [2.05, 4.69) is 27.0 Å². The van der Waals surface area contributed by atoms with Gasteiger partial charge in [-0.15, -0.1) is 0 Å².